The van der Waals surface area contributed by atoms with E-state index in [1.807, 2.05) is 18.5 Å². The van der Waals surface area contributed by atoms with Crippen LogP contribution in [0.2, 0.25) is 0 Å². The monoisotopic (exact) mass is 230 g/mol. The van der Waals surface area contributed by atoms with Crippen LogP contribution in [-0.2, 0) is 0 Å². The van der Waals surface area contributed by atoms with Crippen molar-refractivity contribution in [1.82, 2.24) is 14.5 Å². The predicted octanol–water partition coefficient (Wildman–Crippen LogP) is 1.89. The molecule has 0 saturated carbocycles. The minimum absolute atomic E-state index is 0.583. The second kappa shape index (κ2) is 4.04. The van der Waals surface area contributed by atoms with E-state index in [1.165, 1.54) is 31.4 Å². The Hall–Kier alpha value is -1.55. The number of likely N-dealkylation sites (tertiary alicyclic amines) is 1. The number of hydrogen-bond donors (Lipinski definition) is 1. The van der Waals surface area contributed by atoms with Crippen molar-refractivity contribution in [2.45, 2.75) is 18.9 Å². The first kappa shape index (κ1) is 10.6. The molecule has 4 nitrogen and oxygen atoms in total. The molecule has 1 saturated heterocycles. The lowest BCUT2D eigenvalue weighted by atomic mass is 10.1. The molecule has 90 valence electrons. The van der Waals surface area contributed by atoms with Gasteiger partial charge in [-0.2, -0.15) is 0 Å². The number of imidazole rings is 1. The van der Waals surface area contributed by atoms with Gasteiger partial charge in [-0.25, -0.2) is 4.98 Å². The van der Waals surface area contributed by atoms with E-state index in [9.17, 15) is 0 Å². The second-order valence-corrected chi connectivity index (χ2v) is 4.93. The Morgan fingerprint density at radius 3 is 2.82 bits per heavy atom. The van der Waals surface area contributed by atoms with E-state index in [0.717, 1.165) is 11.2 Å². The fourth-order valence-corrected chi connectivity index (χ4v) is 2.61. The zero-order valence-electron chi connectivity index (χ0n) is 10.1. The molecule has 2 heterocycles. The Bertz CT molecular complexity index is 523. The van der Waals surface area contributed by atoms with Crippen molar-refractivity contribution in [3.05, 3.63) is 24.5 Å². The van der Waals surface area contributed by atoms with Gasteiger partial charge in [-0.05, 0) is 51.2 Å². The molecule has 2 aromatic rings. The Labute approximate surface area is 101 Å². The zero-order chi connectivity index (χ0) is 11.8. The summed E-state index contributed by atoms with van der Waals surface area (Å²) in [7, 11) is 2.18. The highest BCUT2D eigenvalue weighted by molar-refractivity contribution is 5.79. The molecular weight excluding hydrogens is 212 g/mol. The van der Waals surface area contributed by atoms with Crippen LogP contribution in [-0.4, -0.2) is 34.6 Å². The molecule has 1 aromatic carbocycles. The van der Waals surface area contributed by atoms with Gasteiger partial charge >= 0.3 is 0 Å². The number of rotatable bonds is 1. The molecule has 0 aliphatic carbocycles. The van der Waals surface area contributed by atoms with Gasteiger partial charge in [0.2, 0.25) is 0 Å². The first-order chi connectivity index (χ1) is 8.24. The molecule has 0 spiro atoms. The highest BCUT2D eigenvalue weighted by Crippen LogP contribution is 2.26. The molecule has 3 rings (SSSR count). The zero-order valence-corrected chi connectivity index (χ0v) is 10.1. The second-order valence-electron chi connectivity index (χ2n) is 4.93. The van der Waals surface area contributed by atoms with Gasteiger partial charge < -0.3 is 15.2 Å². The van der Waals surface area contributed by atoms with Gasteiger partial charge in [-0.15, -0.1) is 0 Å². The third-order valence-electron chi connectivity index (χ3n) is 3.68. The topological polar surface area (TPSA) is 47.1 Å². The summed E-state index contributed by atoms with van der Waals surface area (Å²) in [6, 6.07) is 6.56. The molecule has 2 N–H and O–H groups in total. The summed E-state index contributed by atoms with van der Waals surface area (Å²) < 4.78 is 2.31. The smallest absolute Gasteiger partial charge is 0.0960 e. The van der Waals surface area contributed by atoms with Crippen molar-refractivity contribution in [2.24, 2.45) is 0 Å². The van der Waals surface area contributed by atoms with Gasteiger partial charge in [0.15, 0.2) is 0 Å². The summed E-state index contributed by atoms with van der Waals surface area (Å²) in [4.78, 5) is 6.83. The largest absolute Gasteiger partial charge is 0.399 e. The normalized spacial score (nSPS) is 18.9. The van der Waals surface area contributed by atoms with Gasteiger partial charge in [-0.3, -0.25) is 0 Å². The van der Waals surface area contributed by atoms with Crippen LogP contribution < -0.4 is 5.73 Å². The Morgan fingerprint density at radius 1 is 1.29 bits per heavy atom. The van der Waals surface area contributed by atoms with Gasteiger partial charge in [0, 0.05) is 11.7 Å². The number of benzene rings is 1. The van der Waals surface area contributed by atoms with Crippen LogP contribution in [0.3, 0.4) is 0 Å². The van der Waals surface area contributed by atoms with E-state index in [-0.39, 0.29) is 0 Å². The molecule has 4 heteroatoms. The number of nitrogens with zero attached hydrogens (tertiary/aromatic N) is 3. The lowest BCUT2D eigenvalue weighted by Gasteiger charge is -2.30. The molecular formula is C13H18N4. The molecule has 17 heavy (non-hydrogen) atoms. The van der Waals surface area contributed by atoms with Crippen LogP contribution in [0.1, 0.15) is 18.9 Å². The summed E-state index contributed by atoms with van der Waals surface area (Å²) in [5, 5.41) is 0. The number of aromatic nitrogens is 2. The van der Waals surface area contributed by atoms with Crippen molar-refractivity contribution in [1.29, 1.82) is 0 Å². The Balaban J connectivity index is 1.95. The first-order valence-corrected chi connectivity index (χ1v) is 6.14. The van der Waals surface area contributed by atoms with E-state index in [1.54, 1.807) is 0 Å². The maximum atomic E-state index is 5.77. The standard InChI is InChI=1S/C13H18N4/c1-16-6-4-11(5-7-16)17-9-15-12-8-10(14)2-3-13(12)17/h2-3,8-9,11H,4-7,14H2,1H3. The minimum Gasteiger partial charge on any atom is -0.399 e. The van der Waals surface area contributed by atoms with Crippen LogP contribution in [0, 0.1) is 0 Å². The van der Waals surface area contributed by atoms with Crippen molar-refractivity contribution >= 4 is 16.7 Å². The summed E-state index contributed by atoms with van der Waals surface area (Å²) in [6.45, 7) is 2.33. The summed E-state index contributed by atoms with van der Waals surface area (Å²) in [5.41, 5.74) is 8.76. The van der Waals surface area contributed by atoms with E-state index in [4.69, 9.17) is 5.73 Å². The Kier molecular flexibility index (Phi) is 2.52. The molecule has 1 aliphatic heterocycles. The summed E-state index contributed by atoms with van der Waals surface area (Å²) in [5.74, 6) is 0. The molecule has 1 aliphatic rings. The highest BCUT2D eigenvalue weighted by atomic mass is 15.1. The third kappa shape index (κ3) is 1.89. The lowest BCUT2D eigenvalue weighted by molar-refractivity contribution is 0.223. The molecule has 0 amide bonds. The van der Waals surface area contributed by atoms with Gasteiger partial charge in [0.1, 0.15) is 0 Å². The fourth-order valence-electron chi connectivity index (χ4n) is 2.61. The van der Waals surface area contributed by atoms with Crippen LogP contribution in [0.25, 0.3) is 11.0 Å². The number of nitrogens with two attached hydrogens (primary N) is 1. The lowest BCUT2D eigenvalue weighted by Crippen LogP contribution is -2.31. The van der Waals surface area contributed by atoms with E-state index >= 15 is 0 Å². The van der Waals surface area contributed by atoms with Crippen LogP contribution in [0.15, 0.2) is 24.5 Å². The molecule has 0 radical (unpaired) electrons. The molecule has 1 aromatic heterocycles. The number of fused-ring (bicyclic) bond motifs is 1. The van der Waals surface area contributed by atoms with Crippen molar-refractivity contribution in [3.8, 4) is 0 Å². The molecule has 0 unspecified atom stereocenters. The quantitative estimate of drug-likeness (QED) is 0.761. The maximum absolute atomic E-state index is 5.77. The van der Waals surface area contributed by atoms with E-state index < -0.39 is 0 Å². The van der Waals surface area contributed by atoms with E-state index in [2.05, 4.69) is 27.6 Å². The van der Waals surface area contributed by atoms with Gasteiger partial charge in [0.25, 0.3) is 0 Å². The van der Waals surface area contributed by atoms with Gasteiger partial charge in [-0.1, -0.05) is 0 Å². The summed E-state index contributed by atoms with van der Waals surface area (Å²) in [6.07, 6.45) is 4.36. The first-order valence-electron chi connectivity index (χ1n) is 6.14. The SMILES string of the molecule is CN1CCC(n2cnc3cc(N)ccc32)CC1. The van der Waals surface area contributed by atoms with Crippen LogP contribution >= 0.6 is 0 Å². The van der Waals surface area contributed by atoms with Crippen LogP contribution in [0.5, 0.6) is 0 Å². The molecule has 0 atom stereocenters. The molecule has 0 bridgehead atoms. The Morgan fingerprint density at radius 2 is 2.06 bits per heavy atom. The maximum Gasteiger partial charge on any atom is 0.0960 e. The number of piperidine rings is 1. The van der Waals surface area contributed by atoms with Crippen molar-refractivity contribution < 1.29 is 0 Å². The molecule has 1 fully saturated rings. The van der Waals surface area contributed by atoms with Crippen LogP contribution in [0.4, 0.5) is 5.69 Å². The van der Waals surface area contributed by atoms with Crippen molar-refractivity contribution in [2.75, 3.05) is 25.9 Å². The van der Waals surface area contributed by atoms with Gasteiger partial charge in [0.05, 0.1) is 17.4 Å². The minimum atomic E-state index is 0.583. The fraction of sp³-hybridized carbons (Fsp3) is 0.462. The highest BCUT2D eigenvalue weighted by Gasteiger charge is 2.19. The number of hydrogen-bond acceptors (Lipinski definition) is 3. The average Bonchev–Trinajstić information content (AvgIpc) is 2.73. The summed E-state index contributed by atoms with van der Waals surface area (Å²) >= 11 is 0. The van der Waals surface area contributed by atoms with Crippen molar-refractivity contribution in [3.63, 3.8) is 0 Å². The predicted molar refractivity (Wildman–Crippen MR) is 69.9 cm³/mol. The third-order valence-corrected chi connectivity index (χ3v) is 3.68. The number of nitrogen functional groups attached to an aromatic ring is 1. The van der Waals surface area contributed by atoms with E-state index in [0.29, 0.717) is 6.04 Å². The number of anilines is 1. The average molecular weight is 230 g/mol.